The highest BCUT2D eigenvalue weighted by Crippen LogP contribution is 2.30. The number of piperazine rings is 1. The number of para-hydroxylation sites is 1. The second-order valence-electron chi connectivity index (χ2n) is 5.63. The molecule has 1 saturated heterocycles. The lowest BCUT2D eigenvalue weighted by Gasteiger charge is -2.39. The molecule has 8 heteroatoms. The monoisotopic (exact) mass is 350 g/mol. The molecule has 1 N–H and O–H groups in total. The second kappa shape index (κ2) is 6.92. The molecule has 1 aliphatic rings. The molecule has 1 atom stereocenters. The maximum Gasteiger partial charge on any atom is 0.246 e. The van der Waals surface area contributed by atoms with Crippen LogP contribution in [0.15, 0.2) is 41.6 Å². The summed E-state index contributed by atoms with van der Waals surface area (Å²) in [6.45, 7) is 4.39. The maximum atomic E-state index is 13.1. The van der Waals surface area contributed by atoms with E-state index in [1.807, 2.05) is 0 Å². The highest BCUT2D eigenvalue weighted by Gasteiger charge is 2.36. The SMILES string of the molecule is CCN1CCN(S(=O)(=O)c2ccccc2OC)CC1c1ncc[nH]1. The van der Waals surface area contributed by atoms with E-state index in [0.29, 0.717) is 25.4 Å². The summed E-state index contributed by atoms with van der Waals surface area (Å²) < 4.78 is 32.9. The fourth-order valence-corrected chi connectivity index (χ4v) is 4.68. The van der Waals surface area contributed by atoms with E-state index >= 15 is 0 Å². The molecule has 130 valence electrons. The number of aromatic nitrogens is 2. The summed E-state index contributed by atoms with van der Waals surface area (Å²) in [7, 11) is -2.14. The predicted molar refractivity (Wildman–Crippen MR) is 90.3 cm³/mol. The number of ether oxygens (including phenoxy) is 1. The molecule has 0 saturated carbocycles. The maximum absolute atomic E-state index is 13.1. The van der Waals surface area contributed by atoms with E-state index < -0.39 is 10.0 Å². The molecule has 7 nitrogen and oxygen atoms in total. The third-order valence-electron chi connectivity index (χ3n) is 4.38. The summed E-state index contributed by atoms with van der Waals surface area (Å²) in [4.78, 5) is 9.86. The summed E-state index contributed by atoms with van der Waals surface area (Å²) in [5.41, 5.74) is 0. The Bertz CT molecular complexity index is 776. The lowest BCUT2D eigenvalue weighted by Crippen LogP contribution is -2.50. The zero-order chi connectivity index (χ0) is 17.2. The number of benzene rings is 1. The molecule has 2 heterocycles. The van der Waals surface area contributed by atoms with Crippen LogP contribution in [0.3, 0.4) is 0 Å². The smallest absolute Gasteiger partial charge is 0.246 e. The van der Waals surface area contributed by atoms with E-state index in [9.17, 15) is 8.42 Å². The molecule has 1 aromatic heterocycles. The minimum Gasteiger partial charge on any atom is -0.495 e. The number of sulfonamides is 1. The molecule has 24 heavy (non-hydrogen) atoms. The largest absolute Gasteiger partial charge is 0.495 e. The van der Waals surface area contributed by atoms with Gasteiger partial charge >= 0.3 is 0 Å². The molecule has 1 aliphatic heterocycles. The number of H-pyrrole nitrogens is 1. The van der Waals surface area contributed by atoms with E-state index in [2.05, 4.69) is 21.8 Å². The first-order chi connectivity index (χ1) is 11.6. The van der Waals surface area contributed by atoms with Gasteiger partial charge in [0.15, 0.2) is 0 Å². The van der Waals surface area contributed by atoms with Crippen LogP contribution in [0.5, 0.6) is 5.75 Å². The molecule has 1 fully saturated rings. The van der Waals surface area contributed by atoms with Crippen molar-refractivity contribution in [3.05, 3.63) is 42.5 Å². The fourth-order valence-electron chi connectivity index (χ4n) is 3.08. The first-order valence-electron chi connectivity index (χ1n) is 7.94. The van der Waals surface area contributed by atoms with Crippen molar-refractivity contribution in [2.75, 3.05) is 33.3 Å². The van der Waals surface area contributed by atoms with Crippen molar-refractivity contribution >= 4 is 10.0 Å². The summed E-state index contributed by atoms with van der Waals surface area (Å²) >= 11 is 0. The molecule has 0 spiro atoms. The topological polar surface area (TPSA) is 78.5 Å². The predicted octanol–water partition coefficient (Wildman–Crippen LogP) is 1.49. The van der Waals surface area contributed by atoms with Gasteiger partial charge in [0.1, 0.15) is 16.5 Å². The van der Waals surface area contributed by atoms with Gasteiger partial charge in [-0.15, -0.1) is 0 Å². The van der Waals surface area contributed by atoms with Gasteiger partial charge in [-0.05, 0) is 18.7 Å². The summed E-state index contributed by atoms with van der Waals surface area (Å²) in [6.07, 6.45) is 3.45. The summed E-state index contributed by atoms with van der Waals surface area (Å²) in [5, 5.41) is 0. The third kappa shape index (κ3) is 3.04. The van der Waals surface area contributed by atoms with Crippen LogP contribution >= 0.6 is 0 Å². The van der Waals surface area contributed by atoms with Crippen molar-refractivity contribution in [2.45, 2.75) is 17.9 Å². The Hall–Kier alpha value is -1.90. The number of rotatable bonds is 5. The molecule has 2 aromatic rings. The Balaban J connectivity index is 1.92. The van der Waals surface area contributed by atoms with Crippen LogP contribution in [0.4, 0.5) is 0 Å². The van der Waals surface area contributed by atoms with Crippen LogP contribution in [-0.2, 0) is 10.0 Å². The van der Waals surface area contributed by atoms with Gasteiger partial charge in [-0.3, -0.25) is 4.90 Å². The molecule has 0 amide bonds. The van der Waals surface area contributed by atoms with Gasteiger partial charge in [0.2, 0.25) is 10.0 Å². The van der Waals surface area contributed by atoms with E-state index in [0.717, 1.165) is 12.4 Å². The molecule has 1 aromatic carbocycles. The fraction of sp³-hybridized carbons (Fsp3) is 0.438. The van der Waals surface area contributed by atoms with Crippen molar-refractivity contribution in [1.29, 1.82) is 0 Å². The third-order valence-corrected chi connectivity index (χ3v) is 6.29. The molecule has 0 aliphatic carbocycles. The van der Waals surface area contributed by atoms with Gasteiger partial charge in [0.25, 0.3) is 0 Å². The van der Waals surface area contributed by atoms with Crippen LogP contribution < -0.4 is 4.74 Å². The number of hydrogen-bond acceptors (Lipinski definition) is 5. The number of methoxy groups -OCH3 is 1. The number of nitrogens with one attached hydrogen (secondary N) is 1. The highest BCUT2D eigenvalue weighted by atomic mass is 32.2. The zero-order valence-electron chi connectivity index (χ0n) is 13.8. The molecule has 3 rings (SSSR count). The van der Waals surface area contributed by atoms with Crippen molar-refractivity contribution in [1.82, 2.24) is 19.2 Å². The molecule has 0 bridgehead atoms. The van der Waals surface area contributed by atoms with Crippen LogP contribution in [0.2, 0.25) is 0 Å². The second-order valence-corrected chi connectivity index (χ2v) is 7.54. The molecular weight excluding hydrogens is 328 g/mol. The quantitative estimate of drug-likeness (QED) is 0.884. The molecule has 0 radical (unpaired) electrons. The lowest BCUT2D eigenvalue weighted by molar-refractivity contribution is 0.119. The van der Waals surface area contributed by atoms with Crippen LogP contribution in [0, 0.1) is 0 Å². The average molecular weight is 350 g/mol. The van der Waals surface area contributed by atoms with Gasteiger partial charge in [-0.25, -0.2) is 13.4 Å². The normalized spacial score (nSPS) is 20.2. The van der Waals surface area contributed by atoms with E-state index in [4.69, 9.17) is 4.74 Å². The number of likely N-dealkylation sites (N-methyl/N-ethyl adjacent to an activating group) is 1. The standard InChI is InChI=1S/C16H22N4O3S/c1-3-19-10-11-20(12-13(19)16-17-8-9-18-16)24(21,22)15-7-5-4-6-14(15)23-2/h4-9,13H,3,10-12H2,1-2H3,(H,17,18). The number of nitrogens with zero attached hydrogens (tertiary/aromatic N) is 3. The average Bonchev–Trinajstić information content (AvgIpc) is 3.15. The van der Waals surface area contributed by atoms with Crippen molar-refractivity contribution in [3.8, 4) is 5.75 Å². The number of aromatic amines is 1. The van der Waals surface area contributed by atoms with Crippen molar-refractivity contribution in [2.24, 2.45) is 0 Å². The van der Waals surface area contributed by atoms with Crippen LogP contribution in [-0.4, -0.2) is 60.9 Å². The lowest BCUT2D eigenvalue weighted by atomic mass is 10.2. The minimum atomic E-state index is -3.62. The summed E-state index contributed by atoms with van der Waals surface area (Å²) in [5.74, 6) is 1.15. The first kappa shape index (κ1) is 16.9. The van der Waals surface area contributed by atoms with Gasteiger partial charge in [-0.2, -0.15) is 4.31 Å². The molecular formula is C16H22N4O3S. The van der Waals surface area contributed by atoms with E-state index in [1.165, 1.54) is 11.4 Å². The van der Waals surface area contributed by atoms with Crippen molar-refractivity contribution < 1.29 is 13.2 Å². The van der Waals surface area contributed by atoms with E-state index in [-0.39, 0.29) is 10.9 Å². The van der Waals surface area contributed by atoms with Gasteiger partial charge < -0.3 is 9.72 Å². The van der Waals surface area contributed by atoms with Crippen LogP contribution in [0.25, 0.3) is 0 Å². The van der Waals surface area contributed by atoms with Gasteiger partial charge in [-0.1, -0.05) is 19.1 Å². The number of imidazole rings is 1. The van der Waals surface area contributed by atoms with Crippen LogP contribution in [0.1, 0.15) is 18.8 Å². The van der Waals surface area contributed by atoms with E-state index in [1.54, 1.807) is 36.7 Å². The molecule has 1 unspecified atom stereocenters. The van der Waals surface area contributed by atoms with Crippen molar-refractivity contribution in [3.63, 3.8) is 0 Å². The van der Waals surface area contributed by atoms with Gasteiger partial charge in [0.05, 0.1) is 13.2 Å². The zero-order valence-corrected chi connectivity index (χ0v) is 14.7. The Morgan fingerprint density at radius 1 is 1.33 bits per heavy atom. The Labute approximate surface area is 142 Å². The summed E-state index contributed by atoms with van der Waals surface area (Å²) in [6, 6.07) is 6.64. The Kier molecular flexibility index (Phi) is 4.88. The Morgan fingerprint density at radius 2 is 2.12 bits per heavy atom. The highest BCUT2D eigenvalue weighted by molar-refractivity contribution is 7.89. The number of hydrogen-bond donors (Lipinski definition) is 1. The minimum absolute atomic E-state index is 0.0803. The van der Waals surface area contributed by atoms with Gasteiger partial charge in [0, 0.05) is 32.0 Å². The first-order valence-corrected chi connectivity index (χ1v) is 9.38. The Morgan fingerprint density at radius 3 is 2.79 bits per heavy atom.